The maximum absolute atomic E-state index is 12.7. The Bertz CT molecular complexity index is 969. The van der Waals surface area contributed by atoms with Crippen LogP contribution in [0.25, 0.3) is 6.08 Å². The Labute approximate surface area is 179 Å². The molecule has 0 aromatic heterocycles. The summed E-state index contributed by atoms with van der Waals surface area (Å²) >= 11 is 6.36. The number of carbonyl (C=O) groups is 2. The van der Waals surface area contributed by atoms with Crippen molar-refractivity contribution in [3.8, 4) is 5.75 Å². The second-order valence-corrected chi connectivity index (χ2v) is 8.34. The number of hydrogen-bond donors (Lipinski definition) is 1. The first-order valence-corrected chi connectivity index (χ1v) is 10.4. The fraction of sp³-hybridized carbons (Fsp3) is 0.227. The second kappa shape index (κ2) is 9.24. The molecule has 29 heavy (non-hydrogen) atoms. The van der Waals surface area contributed by atoms with Gasteiger partial charge in [-0.15, -0.1) is 0 Å². The lowest BCUT2D eigenvalue weighted by molar-refractivity contribution is -0.145. The van der Waals surface area contributed by atoms with E-state index in [1.54, 1.807) is 13.0 Å². The van der Waals surface area contributed by atoms with Crippen LogP contribution in [-0.2, 0) is 16.2 Å². The number of ether oxygens (including phenoxy) is 1. The first kappa shape index (κ1) is 21.1. The zero-order chi connectivity index (χ0) is 21.0. The summed E-state index contributed by atoms with van der Waals surface area (Å²) in [6, 6.07) is 14.6. The first-order chi connectivity index (χ1) is 13.9. The van der Waals surface area contributed by atoms with Crippen LogP contribution >= 0.6 is 24.0 Å². The minimum atomic E-state index is -1.06. The molecule has 5 nitrogen and oxygen atoms in total. The molecule has 150 valence electrons. The summed E-state index contributed by atoms with van der Waals surface area (Å²) in [5.74, 6) is -0.747. The van der Waals surface area contributed by atoms with Gasteiger partial charge in [0, 0.05) is 0 Å². The van der Waals surface area contributed by atoms with Crippen LogP contribution < -0.4 is 4.74 Å². The molecule has 1 aliphatic rings. The number of thiocarbonyl (C=S) groups is 1. The Morgan fingerprint density at radius 2 is 2.00 bits per heavy atom. The van der Waals surface area contributed by atoms with Gasteiger partial charge in [0.05, 0.1) is 4.91 Å². The topological polar surface area (TPSA) is 66.8 Å². The summed E-state index contributed by atoms with van der Waals surface area (Å²) in [5, 5.41) is 9.35. The van der Waals surface area contributed by atoms with Crippen LogP contribution in [-0.4, -0.2) is 32.2 Å². The standard InChI is InChI=1S/C22H21NO4S2/c1-3-18(21(25)26)23-20(24)19(29-22(23)28)12-16-5-4-6-17(11-16)27-13-15-9-7-14(2)8-10-15/h4-12,18H,3,13H2,1-2H3,(H,25,26). The van der Waals surface area contributed by atoms with Crippen LogP contribution in [0.4, 0.5) is 0 Å². The van der Waals surface area contributed by atoms with Crippen molar-refractivity contribution >= 4 is 46.3 Å². The molecule has 1 unspecified atom stereocenters. The smallest absolute Gasteiger partial charge is 0.326 e. The lowest BCUT2D eigenvalue weighted by Gasteiger charge is -2.21. The number of rotatable bonds is 7. The Balaban J connectivity index is 1.74. The molecule has 0 spiro atoms. The normalized spacial score (nSPS) is 16.3. The van der Waals surface area contributed by atoms with Crippen molar-refractivity contribution in [3.05, 3.63) is 70.1 Å². The molecule has 1 saturated heterocycles. The van der Waals surface area contributed by atoms with Gasteiger partial charge < -0.3 is 9.84 Å². The third-order valence-electron chi connectivity index (χ3n) is 4.49. The molecule has 1 heterocycles. The van der Waals surface area contributed by atoms with Crippen molar-refractivity contribution < 1.29 is 19.4 Å². The molecule has 2 aromatic rings. The summed E-state index contributed by atoms with van der Waals surface area (Å²) in [7, 11) is 0. The van der Waals surface area contributed by atoms with Gasteiger partial charge in [-0.25, -0.2) is 4.79 Å². The molecule has 2 aromatic carbocycles. The molecule has 1 N–H and O–H groups in total. The van der Waals surface area contributed by atoms with Gasteiger partial charge in [0.25, 0.3) is 5.91 Å². The van der Waals surface area contributed by atoms with Crippen LogP contribution in [0, 0.1) is 6.92 Å². The molecule has 0 saturated carbocycles. The van der Waals surface area contributed by atoms with Crippen LogP contribution in [0.5, 0.6) is 5.75 Å². The molecule has 0 aliphatic carbocycles. The number of benzene rings is 2. The number of nitrogens with zero attached hydrogens (tertiary/aromatic N) is 1. The van der Waals surface area contributed by atoms with Crippen molar-refractivity contribution in [3.63, 3.8) is 0 Å². The van der Waals surface area contributed by atoms with E-state index in [-0.39, 0.29) is 16.6 Å². The zero-order valence-electron chi connectivity index (χ0n) is 16.1. The van der Waals surface area contributed by atoms with E-state index in [4.69, 9.17) is 17.0 Å². The maximum atomic E-state index is 12.7. The van der Waals surface area contributed by atoms with Crippen molar-refractivity contribution in [2.24, 2.45) is 0 Å². The van der Waals surface area contributed by atoms with Gasteiger partial charge in [0.1, 0.15) is 22.7 Å². The van der Waals surface area contributed by atoms with E-state index < -0.39 is 12.0 Å². The minimum Gasteiger partial charge on any atom is -0.489 e. The predicted molar refractivity (Wildman–Crippen MR) is 119 cm³/mol. The first-order valence-electron chi connectivity index (χ1n) is 9.17. The monoisotopic (exact) mass is 427 g/mol. The average Bonchev–Trinajstić information content (AvgIpc) is 2.96. The number of thioether (sulfide) groups is 1. The fourth-order valence-electron chi connectivity index (χ4n) is 2.91. The van der Waals surface area contributed by atoms with Crippen molar-refractivity contribution in [2.75, 3.05) is 0 Å². The largest absolute Gasteiger partial charge is 0.489 e. The Morgan fingerprint density at radius 1 is 1.28 bits per heavy atom. The van der Waals surface area contributed by atoms with E-state index in [9.17, 15) is 14.7 Å². The third-order valence-corrected chi connectivity index (χ3v) is 5.82. The quantitative estimate of drug-likeness (QED) is 0.513. The molecular formula is C22H21NO4S2. The predicted octanol–water partition coefficient (Wildman–Crippen LogP) is 4.64. The Morgan fingerprint density at radius 3 is 2.66 bits per heavy atom. The van der Waals surface area contributed by atoms with Gasteiger partial charge in [-0.3, -0.25) is 9.69 Å². The van der Waals surface area contributed by atoms with Crippen molar-refractivity contribution in [1.29, 1.82) is 0 Å². The Hall–Kier alpha value is -2.64. The van der Waals surface area contributed by atoms with Crippen LogP contribution in [0.3, 0.4) is 0 Å². The van der Waals surface area contributed by atoms with Gasteiger partial charge in [0.2, 0.25) is 0 Å². The van der Waals surface area contributed by atoms with E-state index in [2.05, 4.69) is 0 Å². The molecule has 1 amide bonds. The molecule has 1 aliphatic heterocycles. The van der Waals surface area contributed by atoms with E-state index in [1.807, 2.05) is 55.5 Å². The number of amides is 1. The highest BCUT2D eigenvalue weighted by Crippen LogP contribution is 2.35. The van der Waals surface area contributed by atoms with Crippen LogP contribution in [0.2, 0.25) is 0 Å². The third kappa shape index (κ3) is 5.05. The summed E-state index contributed by atoms with van der Waals surface area (Å²) in [5.41, 5.74) is 3.05. The van der Waals surface area contributed by atoms with E-state index in [0.717, 1.165) is 22.9 Å². The summed E-state index contributed by atoms with van der Waals surface area (Å²) in [6.45, 7) is 4.20. The summed E-state index contributed by atoms with van der Waals surface area (Å²) in [6.07, 6.45) is 2.00. The fourth-order valence-corrected chi connectivity index (χ4v) is 4.27. The Kier molecular flexibility index (Phi) is 6.71. The molecule has 1 atom stereocenters. The number of aryl methyl sites for hydroxylation is 1. The zero-order valence-corrected chi connectivity index (χ0v) is 17.8. The van der Waals surface area contributed by atoms with Crippen molar-refractivity contribution in [1.82, 2.24) is 4.90 Å². The lowest BCUT2D eigenvalue weighted by Crippen LogP contribution is -2.43. The molecule has 0 radical (unpaired) electrons. The van der Waals surface area contributed by atoms with E-state index in [0.29, 0.717) is 17.3 Å². The molecule has 7 heteroatoms. The molecule has 0 bridgehead atoms. The number of hydrogen-bond acceptors (Lipinski definition) is 5. The number of carboxylic acid groups (broad SMARTS) is 1. The maximum Gasteiger partial charge on any atom is 0.326 e. The summed E-state index contributed by atoms with van der Waals surface area (Å²) in [4.78, 5) is 25.7. The number of aliphatic carboxylic acids is 1. The van der Waals surface area contributed by atoms with Crippen molar-refractivity contribution in [2.45, 2.75) is 32.9 Å². The highest BCUT2D eigenvalue weighted by molar-refractivity contribution is 8.26. The average molecular weight is 428 g/mol. The highest BCUT2D eigenvalue weighted by Gasteiger charge is 2.39. The van der Waals surface area contributed by atoms with Gasteiger partial charge in [-0.2, -0.15) is 0 Å². The summed E-state index contributed by atoms with van der Waals surface area (Å²) < 4.78 is 6.12. The second-order valence-electron chi connectivity index (χ2n) is 6.66. The van der Waals surface area contributed by atoms with E-state index in [1.165, 1.54) is 10.5 Å². The van der Waals surface area contributed by atoms with Gasteiger partial charge in [0.15, 0.2) is 0 Å². The highest BCUT2D eigenvalue weighted by atomic mass is 32.2. The van der Waals surface area contributed by atoms with Crippen LogP contribution in [0.1, 0.15) is 30.0 Å². The van der Waals surface area contributed by atoms with Gasteiger partial charge in [-0.1, -0.05) is 72.9 Å². The van der Waals surface area contributed by atoms with E-state index >= 15 is 0 Å². The minimum absolute atomic E-state index is 0.266. The number of carbonyl (C=O) groups excluding carboxylic acids is 1. The van der Waals surface area contributed by atoms with Crippen LogP contribution in [0.15, 0.2) is 53.4 Å². The SMILES string of the molecule is CCC(C(=O)O)N1C(=O)C(=Cc2cccc(OCc3ccc(C)cc3)c2)SC1=S. The van der Waals surface area contributed by atoms with Gasteiger partial charge >= 0.3 is 5.97 Å². The molecule has 1 fully saturated rings. The molecule has 3 rings (SSSR count). The number of carboxylic acids is 1. The molecular weight excluding hydrogens is 406 g/mol. The van der Waals surface area contributed by atoms with Gasteiger partial charge in [-0.05, 0) is 42.7 Å². The lowest BCUT2D eigenvalue weighted by atomic mass is 10.1.